The standard InChI is InChI=1S/C28H33NO3.ClH/c1-3-22-13-15-24(16-14-22)28(30,25-11-7-8-12-27(25)31-2)26(23-9-5-4-6-10-23)21-29-17-19-32-20-18-29;/h4-16,26,30H,3,17-21H2,1-2H3;1H/p-1. The van der Waals surface area contributed by atoms with E-state index in [0.29, 0.717) is 5.75 Å². The van der Waals surface area contributed by atoms with Crippen molar-refractivity contribution in [3.05, 3.63) is 101 Å². The maximum atomic E-state index is 12.7. The van der Waals surface area contributed by atoms with Crippen LogP contribution in [0.3, 0.4) is 0 Å². The van der Waals surface area contributed by atoms with Crippen LogP contribution in [0.15, 0.2) is 78.9 Å². The van der Waals surface area contributed by atoms with Gasteiger partial charge in [-0.3, -0.25) is 4.90 Å². The van der Waals surface area contributed by atoms with Gasteiger partial charge in [-0.15, -0.1) is 0 Å². The highest BCUT2D eigenvalue weighted by Crippen LogP contribution is 2.46. The molecule has 0 spiro atoms. The number of hydrogen-bond donors (Lipinski definition) is 1. The molecule has 0 bridgehead atoms. The quantitative estimate of drug-likeness (QED) is 0.547. The van der Waals surface area contributed by atoms with Gasteiger partial charge >= 0.3 is 0 Å². The topological polar surface area (TPSA) is 41.9 Å². The van der Waals surface area contributed by atoms with Crippen LogP contribution in [0.5, 0.6) is 5.75 Å². The highest BCUT2D eigenvalue weighted by Gasteiger charge is 2.44. The van der Waals surface area contributed by atoms with Crippen molar-refractivity contribution in [2.45, 2.75) is 24.9 Å². The predicted molar refractivity (Wildman–Crippen MR) is 128 cm³/mol. The van der Waals surface area contributed by atoms with Gasteiger partial charge in [-0.25, -0.2) is 0 Å². The van der Waals surface area contributed by atoms with Gasteiger partial charge < -0.3 is 27.0 Å². The van der Waals surface area contributed by atoms with Crippen LogP contribution in [0.25, 0.3) is 0 Å². The molecule has 0 aromatic heterocycles. The van der Waals surface area contributed by atoms with Gasteiger partial charge in [-0.2, -0.15) is 0 Å². The minimum absolute atomic E-state index is 0. The van der Waals surface area contributed by atoms with Crippen molar-refractivity contribution in [2.24, 2.45) is 0 Å². The Morgan fingerprint density at radius 2 is 1.58 bits per heavy atom. The Kier molecular flexibility index (Phi) is 8.93. The molecule has 2 atom stereocenters. The minimum atomic E-state index is -1.27. The van der Waals surface area contributed by atoms with Crippen molar-refractivity contribution in [1.29, 1.82) is 0 Å². The summed E-state index contributed by atoms with van der Waals surface area (Å²) >= 11 is 0. The highest BCUT2D eigenvalue weighted by atomic mass is 35.5. The largest absolute Gasteiger partial charge is 1.00 e. The van der Waals surface area contributed by atoms with Gasteiger partial charge in [0.15, 0.2) is 0 Å². The van der Waals surface area contributed by atoms with E-state index in [0.717, 1.165) is 56.0 Å². The third kappa shape index (κ3) is 5.42. The molecule has 3 aromatic carbocycles. The Bertz CT molecular complexity index is 990. The lowest BCUT2D eigenvalue weighted by Gasteiger charge is -2.41. The Balaban J connectivity index is 0.00000306. The van der Waals surface area contributed by atoms with Crippen molar-refractivity contribution in [2.75, 3.05) is 40.0 Å². The zero-order chi connectivity index (χ0) is 22.4. The summed E-state index contributed by atoms with van der Waals surface area (Å²) in [5, 5.41) is 12.7. The highest BCUT2D eigenvalue weighted by molar-refractivity contribution is 5.49. The van der Waals surface area contributed by atoms with Crippen molar-refractivity contribution in [3.63, 3.8) is 0 Å². The number of morpholine rings is 1. The second-order valence-corrected chi connectivity index (χ2v) is 8.39. The van der Waals surface area contributed by atoms with Gasteiger partial charge in [0, 0.05) is 31.1 Å². The number of benzene rings is 3. The number of halogens is 1. The van der Waals surface area contributed by atoms with E-state index in [9.17, 15) is 5.11 Å². The maximum absolute atomic E-state index is 12.7. The van der Waals surface area contributed by atoms with Crippen LogP contribution in [-0.2, 0) is 16.8 Å². The van der Waals surface area contributed by atoms with E-state index in [1.165, 1.54) is 5.56 Å². The lowest BCUT2D eigenvalue weighted by molar-refractivity contribution is -0.000284. The van der Waals surface area contributed by atoms with E-state index >= 15 is 0 Å². The molecular weight excluding hydrogens is 434 g/mol. The molecule has 0 saturated carbocycles. The number of nitrogens with zero attached hydrogens (tertiary/aromatic N) is 1. The van der Waals surface area contributed by atoms with E-state index in [2.05, 4.69) is 48.2 Å². The number of ether oxygens (including phenoxy) is 2. The van der Waals surface area contributed by atoms with E-state index in [-0.39, 0.29) is 18.3 Å². The van der Waals surface area contributed by atoms with E-state index < -0.39 is 5.60 Å². The van der Waals surface area contributed by atoms with Crippen LogP contribution in [0, 0.1) is 0 Å². The summed E-state index contributed by atoms with van der Waals surface area (Å²) in [5.74, 6) is 0.503. The average molecular weight is 467 g/mol. The Hall–Kier alpha value is -2.37. The van der Waals surface area contributed by atoms with E-state index in [1.54, 1.807) is 7.11 Å². The van der Waals surface area contributed by atoms with Gasteiger partial charge in [0.05, 0.1) is 20.3 Å². The zero-order valence-electron chi connectivity index (χ0n) is 19.4. The van der Waals surface area contributed by atoms with Gasteiger partial charge in [0.25, 0.3) is 0 Å². The molecule has 2 unspecified atom stereocenters. The molecule has 4 rings (SSSR count). The average Bonchev–Trinajstić information content (AvgIpc) is 2.88. The number of rotatable bonds is 8. The van der Waals surface area contributed by atoms with Crippen LogP contribution in [0.1, 0.15) is 35.1 Å². The maximum Gasteiger partial charge on any atom is 0.126 e. The third-order valence-electron chi connectivity index (χ3n) is 6.57. The van der Waals surface area contributed by atoms with Crippen molar-refractivity contribution < 1.29 is 27.0 Å². The van der Waals surface area contributed by atoms with Gasteiger partial charge in [0.2, 0.25) is 0 Å². The molecule has 5 heteroatoms. The molecule has 1 aliphatic rings. The van der Waals surface area contributed by atoms with E-state index in [4.69, 9.17) is 9.47 Å². The predicted octanol–water partition coefficient (Wildman–Crippen LogP) is 1.61. The summed E-state index contributed by atoms with van der Waals surface area (Å²) in [5.41, 5.74) is 2.75. The molecule has 1 fully saturated rings. The number of hydrogen-bond acceptors (Lipinski definition) is 4. The molecule has 0 radical (unpaired) electrons. The van der Waals surface area contributed by atoms with Crippen LogP contribution in [0.2, 0.25) is 0 Å². The molecule has 1 heterocycles. The van der Waals surface area contributed by atoms with Crippen LogP contribution in [0.4, 0.5) is 0 Å². The third-order valence-corrected chi connectivity index (χ3v) is 6.57. The monoisotopic (exact) mass is 466 g/mol. The smallest absolute Gasteiger partial charge is 0.126 e. The molecule has 1 aliphatic heterocycles. The molecule has 1 N–H and O–H groups in total. The van der Waals surface area contributed by atoms with Crippen LogP contribution < -0.4 is 17.1 Å². The first-order valence-corrected chi connectivity index (χ1v) is 11.5. The van der Waals surface area contributed by atoms with Crippen molar-refractivity contribution in [1.82, 2.24) is 4.90 Å². The molecule has 33 heavy (non-hydrogen) atoms. The normalized spacial score (nSPS) is 16.9. The molecule has 176 valence electrons. The van der Waals surface area contributed by atoms with Crippen molar-refractivity contribution in [3.8, 4) is 5.75 Å². The second kappa shape index (κ2) is 11.7. The van der Waals surface area contributed by atoms with Gasteiger partial charge in [-0.1, -0.05) is 79.7 Å². The number of aliphatic hydroxyl groups is 1. The Morgan fingerprint density at radius 3 is 2.21 bits per heavy atom. The fraction of sp³-hybridized carbons (Fsp3) is 0.357. The fourth-order valence-electron chi connectivity index (χ4n) is 4.70. The molecule has 3 aromatic rings. The first-order valence-electron chi connectivity index (χ1n) is 11.5. The van der Waals surface area contributed by atoms with Gasteiger partial charge in [0.1, 0.15) is 11.4 Å². The number of para-hydroxylation sites is 1. The Labute approximate surface area is 203 Å². The number of aryl methyl sites for hydroxylation is 1. The summed E-state index contributed by atoms with van der Waals surface area (Å²) < 4.78 is 11.3. The molecule has 4 nitrogen and oxygen atoms in total. The minimum Gasteiger partial charge on any atom is -1.00 e. The lowest BCUT2D eigenvalue weighted by atomic mass is 9.72. The first kappa shape index (κ1) is 25.3. The summed E-state index contributed by atoms with van der Waals surface area (Å²) in [4.78, 5) is 2.39. The first-order chi connectivity index (χ1) is 15.7. The fourth-order valence-corrected chi connectivity index (χ4v) is 4.70. The summed E-state index contributed by atoms with van der Waals surface area (Å²) in [7, 11) is 1.67. The molecular formula is C28H33ClNO3-. The SMILES string of the molecule is CCc1ccc(C(O)(c2ccccc2OC)C(CN2CCOCC2)c2ccccc2)cc1.[Cl-]. The van der Waals surface area contributed by atoms with Crippen molar-refractivity contribution >= 4 is 0 Å². The van der Waals surface area contributed by atoms with Crippen LogP contribution in [-0.4, -0.2) is 50.0 Å². The number of methoxy groups -OCH3 is 1. The van der Waals surface area contributed by atoms with Gasteiger partial charge in [-0.05, 0) is 29.2 Å². The summed E-state index contributed by atoms with van der Waals surface area (Å²) in [6, 6.07) is 26.6. The molecule has 0 aliphatic carbocycles. The Morgan fingerprint density at radius 1 is 0.939 bits per heavy atom. The second-order valence-electron chi connectivity index (χ2n) is 8.39. The zero-order valence-corrected chi connectivity index (χ0v) is 20.2. The molecule has 1 saturated heterocycles. The van der Waals surface area contributed by atoms with E-state index in [1.807, 2.05) is 42.5 Å². The summed E-state index contributed by atoms with van der Waals surface area (Å²) in [6.07, 6.45) is 0.962. The molecule has 0 amide bonds. The summed E-state index contributed by atoms with van der Waals surface area (Å²) in [6.45, 7) is 6.03. The van der Waals surface area contributed by atoms with Crippen LogP contribution >= 0.6 is 0 Å². The lowest BCUT2D eigenvalue weighted by Crippen LogP contribution is -3.00.